The lowest BCUT2D eigenvalue weighted by atomic mass is 10.2. The van der Waals surface area contributed by atoms with Crippen molar-refractivity contribution in [3.8, 4) is 17.2 Å². The van der Waals surface area contributed by atoms with Crippen molar-refractivity contribution >= 4 is 31.7 Å². The Balaban J connectivity index is 2.06. The maximum atomic E-state index is 13.2. The van der Waals surface area contributed by atoms with Crippen LogP contribution < -0.4 is 10.1 Å². The number of hydrogen-bond acceptors (Lipinski definition) is 6. The summed E-state index contributed by atoms with van der Waals surface area (Å²) in [4.78, 5) is 4.50. The summed E-state index contributed by atoms with van der Waals surface area (Å²) in [6, 6.07) is 13.6. The molecule has 0 aliphatic heterocycles. The number of ether oxygens (including phenoxy) is 1. The summed E-state index contributed by atoms with van der Waals surface area (Å²) in [6.45, 7) is 6.43. The molecule has 0 radical (unpaired) electrons. The number of nitrogens with one attached hydrogen (secondary N) is 1. The van der Waals surface area contributed by atoms with Crippen molar-refractivity contribution in [3.63, 3.8) is 0 Å². The largest absolute Gasteiger partial charge is 0.494 e. The second-order valence-corrected chi connectivity index (χ2v) is 9.30. The van der Waals surface area contributed by atoms with Gasteiger partial charge in [0.1, 0.15) is 5.75 Å². The third-order valence-corrected chi connectivity index (χ3v) is 6.58. The topological polar surface area (TPSA) is 81.4 Å². The highest BCUT2D eigenvalue weighted by atomic mass is 79.9. The smallest absolute Gasteiger partial charge is 0.234 e. The molecule has 0 amide bonds. The number of sulfone groups is 1. The van der Waals surface area contributed by atoms with Crippen LogP contribution in [0.25, 0.3) is 11.5 Å². The molecule has 154 valence electrons. The van der Waals surface area contributed by atoms with Crippen LogP contribution in [0.15, 0.2) is 67.3 Å². The van der Waals surface area contributed by atoms with Crippen molar-refractivity contribution in [2.45, 2.75) is 43.2 Å². The normalized spacial score (nSPS) is 12.6. The van der Waals surface area contributed by atoms with Crippen molar-refractivity contribution in [2.24, 2.45) is 0 Å². The summed E-state index contributed by atoms with van der Waals surface area (Å²) >= 11 is 3.32. The second kappa shape index (κ2) is 9.00. The predicted octanol–water partition coefficient (Wildman–Crippen LogP) is 5.55. The van der Waals surface area contributed by atoms with E-state index in [-0.39, 0.29) is 27.7 Å². The highest BCUT2D eigenvalue weighted by Crippen LogP contribution is 2.33. The number of hydrogen-bond donors (Lipinski definition) is 1. The van der Waals surface area contributed by atoms with Crippen molar-refractivity contribution in [3.05, 3.63) is 53.0 Å². The average molecular weight is 479 g/mol. The molecule has 8 heteroatoms. The summed E-state index contributed by atoms with van der Waals surface area (Å²) in [5.74, 6) is 1.10. The van der Waals surface area contributed by atoms with Crippen LogP contribution in [-0.2, 0) is 9.84 Å². The van der Waals surface area contributed by atoms with Gasteiger partial charge in [-0.3, -0.25) is 0 Å². The molecule has 3 rings (SSSR count). The van der Waals surface area contributed by atoms with Crippen LogP contribution in [0.5, 0.6) is 5.75 Å². The third-order valence-electron chi connectivity index (χ3n) is 4.38. The first-order chi connectivity index (χ1) is 13.8. The van der Waals surface area contributed by atoms with Gasteiger partial charge in [0.25, 0.3) is 0 Å². The van der Waals surface area contributed by atoms with E-state index in [1.165, 1.54) is 12.1 Å². The Bertz CT molecular complexity index is 1060. The SMILES string of the molecule is CCOc1ccc(-c2nc(S(=O)(=O)c3ccc(Br)cc3)c(NC(C)CC)o2)cc1. The number of oxazole rings is 1. The van der Waals surface area contributed by atoms with Gasteiger partial charge in [-0.1, -0.05) is 22.9 Å². The minimum Gasteiger partial charge on any atom is -0.494 e. The van der Waals surface area contributed by atoms with Gasteiger partial charge in [0.05, 0.1) is 11.5 Å². The van der Waals surface area contributed by atoms with Gasteiger partial charge in [0.2, 0.25) is 26.6 Å². The van der Waals surface area contributed by atoms with Gasteiger partial charge in [-0.2, -0.15) is 4.98 Å². The summed E-state index contributed by atoms with van der Waals surface area (Å²) in [7, 11) is -3.86. The molecule has 1 aromatic heterocycles. The van der Waals surface area contributed by atoms with E-state index >= 15 is 0 Å². The monoisotopic (exact) mass is 478 g/mol. The molecular weight excluding hydrogens is 456 g/mol. The van der Waals surface area contributed by atoms with Crippen LogP contribution >= 0.6 is 15.9 Å². The van der Waals surface area contributed by atoms with E-state index < -0.39 is 9.84 Å². The van der Waals surface area contributed by atoms with Crippen LogP contribution in [-0.4, -0.2) is 26.1 Å². The van der Waals surface area contributed by atoms with Crippen molar-refractivity contribution in [1.82, 2.24) is 4.98 Å². The molecular formula is C21H23BrN2O4S. The molecule has 3 aromatic rings. The second-order valence-electron chi connectivity index (χ2n) is 6.52. The van der Waals surface area contributed by atoms with E-state index in [1.54, 1.807) is 36.4 Å². The molecule has 1 N–H and O–H groups in total. The van der Waals surface area contributed by atoms with Gasteiger partial charge < -0.3 is 14.5 Å². The zero-order valence-corrected chi connectivity index (χ0v) is 18.9. The molecule has 0 bridgehead atoms. The zero-order chi connectivity index (χ0) is 21.0. The average Bonchev–Trinajstić information content (AvgIpc) is 3.13. The third kappa shape index (κ3) is 4.82. The Kier molecular flexibility index (Phi) is 6.64. The molecule has 0 saturated carbocycles. The van der Waals surface area contributed by atoms with E-state index in [9.17, 15) is 8.42 Å². The summed E-state index contributed by atoms with van der Waals surface area (Å²) < 4.78 is 38.5. The maximum Gasteiger partial charge on any atom is 0.234 e. The Morgan fingerprint density at radius 2 is 1.76 bits per heavy atom. The van der Waals surface area contributed by atoms with Crippen LogP contribution in [0.2, 0.25) is 0 Å². The molecule has 0 aliphatic rings. The number of aromatic nitrogens is 1. The summed E-state index contributed by atoms with van der Waals surface area (Å²) in [5.41, 5.74) is 0.665. The number of halogens is 1. The molecule has 0 spiro atoms. The van der Waals surface area contributed by atoms with Gasteiger partial charge in [0.15, 0.2) is 0 Å². The van der Waals surface area contributed by atoms with E-state index in [0.717, 1.165) is 16.6 Å². The van der Waals surface area contributed by atoms with E-state index in [4.69, 9.17) is 9.15 Å². The molecule has 1 atom stereocenters. The first-order valence-corrected chi connectivity index (χ1v) is 11.6. The van der Waals surface area contributed by atoms with Crippen molar-refractivity contribution in [2.75, 3.05) is 11.9 Å². The first kappa shape index (κ1) is 21.4. The van der Waals surface area contributed by atoms with Crippen LogP contribution in [0.3, 0.4) is 0 Å². The van der Waals surface area contributed by atoms with Crippen LogP contribution in [0.4, 0.5) is 5.88 Å². The van der Waals surface area contributed by atoms with Crippen LogP contribution in [0, 0.1) is 0 Å². The molecule has 0 aliphatic carbocycles. The Labute approximate surface area is 179 Å². The molecule has 29 heavy (non-hydrogen) atoms. The zero-order valence-electron chi connectivity index (χ0n) is 16.5. The standard InChI is InChI=1S/C21H23BrN2O4S/c1-4-14(3)23-20-21(29(25,26)18-12-8-16(22)9-13-18)24-19(28-20)15-6-10-17(11-7-15)27-5-2/h6-14,23H,4-5H2,1-3H3. The van der Waals surface area contributed by atoms with Gasteiger partial charge in [0, 0.05) is 16.1 Å². The van der Waals surface area contributed by atoms with Crippen molar-refractivity contribution < 1.29 is 17.6 Å². The Morgan fingerprint density at radius 3 is 2.34 bits per heavy atom. The molecule has 1 heterocycles. The first-order valence-electron chi connectivity index (χ1n) is 9.36. The Morgan fingerprint density at radius 1 is 1.10 bits per heavy atom. The summed E-state index contributed by atoms with van der Waals surface area (Å²) in [6.07, 6.45) is 0.802. The van der Waals surface area contributed by atoms with Gasteiger partial charge >= 0.3 is 0 Å². The minimum absolute atomic E-state index is 0.0231. The fraction of sp³-hybridized carbons (Fsp3) is 0.286. The Hall–Kier alpha value is -2.32. The van der Waals surface area contributed by atoms with E-state index in [1.807, 2.05) is 20.8 Å². The highest BCUT2D eigenvalue weighted by Gasteiger charge is 2.29. The molecule has 0 fully saturated rings. The summed E-state index contributed by atoms with van der Waals surface area (Å²) in [5, 5.41) is 3.01. The fourth-order valence-corrected chi connectivity index (χ4v) is 4.14. The quantitative estimate of drug-likeness (QED) is 0.457. The van der Waals surface area contributed by atoms with Gasteiger partial charge in [-0.05, 0) is 68.8 Å². The van der Waals surface area contributed by atoms with Crippen molar-refractivity contribution in [1.29, 1.82) is 0 Å². The van der Waals surface area contributed by atoms with E-state index in [2.05, 4.69) is 26.2 Å². The maximum absolute atomic E-state index is 13.2. The van der Waals surface area contributed by atoms with Crippen LogP contribution in [0.1, 0.15) is 27.2 Å². The van der Waals surface area contributed by atoms with E-state index in [0.29, 0.717) is 12.2 Å². The molecule has 1 unspecified atom stereocenters. The number of nitrogens with zero attached hydrogens (tertiary/aromatic N) is 1. The molecule has 2 aromatic carbocycles. The molecule has 6 nitrogen and oxygen atoms in total. The predicted molar refractivity (Wildman–Crippen MR) is 116 cm³/mol. The minimum atomic E-state index is -3.86. The lowest BCUT2D eigenvalue weighted by molar-refractivity contribution is 0.340. The lowest BCUT2D eigenvalue weighted by Crippen LogP contribution is -2.15. The number of rotatable bonds is 8. The van der Waals surface area contributed by atoms with Gasteiger partial charge in [-0.25, -0.2) is 8.42 Å². The number of anilines is 1. The molecule has 0 saturated heterocycles. The lowest BCUT2D eigenvalue weighted by Gasteiger charge is -2.11. The highest BCUT2D eigenvalue weighted by molar-refractivity contribution is 9.10. The number of benzene rings is 2. The fourth-order valence-electron chi connectivity index (χ4n) is 2.61. The van der Waals surface area contributed by atoms with Gasteiger partial charge in [-0.15, -0.1) is 0 Å².